The van der Waals surface area contributed by atoms with E-state index in [1.54, 1.807) is 36.5 Å². The molecular weight excluding hydrogens is 392 g/mol. The van der Waals surface area contributed by atoms with Crippen LogP contribution in [0.5, 0.6) is 11.6 Å². The number of nitrogens with zero attached hydrogens (tertiary/aromatic N) is 4. The highest BCUT2D eigenvalue weighted by molar-refractivity contribution is 7.99. The summed E-state index contributed by atoms with van der Waals surface area (Å²) >= 11 is 1.68. The van der Waals surface area contributed by atoms with Crippen molar-refractivity contribution in [2.45, 2.75) is 9.79 Å². The maximum absolute atomic E-state index is 6.17. The smallest absolute Gasteiger partial charge is 0.230 e. The van der Waals surface area contributed by atoms with E-state index in [0.717, 1.165) is 32.0 Å². The first-order valence-electron chi connectivity index (χ1n) is 9.38. The lowest BCUT2D eigenvalue weighted by molar-refractivity contribution is 0.468. The SMILES string of the molecule is c1cncc(-c2nc(Oc3ccc(Sc4ccncc4)cc3)c3ccccc3n2)c1. The van der Waals surface area contributed by atoms with Crippen LogP contribution < -0.4 is 4.74 Å². The zero-order chi connectivity index (χ0) is 20.2. The van der Waals surface area contributed by atoms with Crippen LogP contribution in [-0.4, -0.2) is 19.9 Å². The standard InChI is InChI=1S/C24H16N4OS/c1-2-6-22-21(5-1)24(28-23(27-22)17-4-3-13-26-16-17)29-18-7-9-19(10-8-18)30-20-11-14-25-15-12-20/h1-16H. The third kappa shape index (κ3) is 3.99. The Morgan fingerprint density at radius 3 is 2.27 bits per heavy atom. The maximum atomic E-state index is 6.17. The third-order valence-corrected chi connectivity index (χ3v) is 5.43. The first-order valence-corrected chi connectivity index (χ1v) is 10.2. The molecule has 2 aromatic carbocycles. The average molecular weight is 408 g/mol. The van der Waals surface area contributed by atoms with E-state index in [0.29, 0.717) is 11.7 Å². The number of hydrogen-bond donors (Lipinski definition) is 0. The summed E-state index contributed by atoms with van der Waals surface area (Å²) in [5.41, 5.74) is 1.67. The summed E-state index contributed by atoms with van der Waals surface area (Å²) in [4.78, 5) is 19.8. The van der Waals surface area contributed by atoms with E-state index in [-0.39, 0.29) is 0 Å². The highest BCUT2D eigenvalue weighted by Crippen LogP contribution is 2.32. The van der Waals surface area contributed by atoms with E-state index in [2.05, 4.69) is 19.9 Å². The van der Waals surface area contributed by atoms with Gasteiger partial charge in [-0.25, -0.2) is 4.98 Å². The summed E-state index contributed by atoms with van der Waals surface area (Å²) in [5.74, 6) is 1.82. The van der Waals surface area contributed by atoms with Crippen LogP contribution >= 0.6 is 11.8 Å². The lowest BCUT2D eigenvalue weighted by Gasteiger charge is -2.10. The average Bonchev–Trinajstić information content (AvgIpc) is 2.81. The zero-order valence-corrected chi connectivity index (χ0v) is 16.7. The number of fused-ring (bicyclic) bond motifs is 1. The Kier molecular flexibility index (Phi) is 5.06. The van der Waals surface area contributed by atoms with Crippen LogP contribution in [0.4, 0.5) is 0 Å². The molecule has 5 aromatic rings. The van der Waals surface area contributed by atoms with Crippen molar-refractivity contribution in [2.24, 2.45) is 0 Å². The third-order valence-electron chi connectivity index (χ3n) is 4.41. The van der Waals surface area contributed by atoms with Gasteiger partial charge in [0.1, 0.15) is 5.75 Å². The van der Waals surface area contributed by atoms with Gasteiger partial charge < -0.3 is 4.74 Å². The van der Waals surface area contributed by atoms with Gasteiger partial charge in [0.15, 0.2) is 5.82 Å². The molecule has 0 saturated carbocycles. The van der Waals surface area contributed by atoms with Crippen LogP contribution in [0.15, 0.2) is 107 Å². The number of ether oxygens (including phenoxy) is 1. The summed E-state index contributed by atoms with van der Waals surface area (Å²) in [6, 6.07) is 23.6. The summed E-state index contributed by atoms with van der Waals surface area (Å²) in [6.45, 7) is 0. The van der Waals surface area contributed by atoms with E-state index in [1.165, 1.54) is 0 Å². The minimum absolute atomic E-state index is 0.522. The Morgan fingerprint density at radius 2 is 1.47 bits per heavy atom. The Hall–Kier alpha value is -3.77. The molecule has 0 spiro atoms. The Balaban J connectivity index is 1.46. The van der Waals surface area contributed by atoms with Gasteiger partial charge in [0.25, 0.3) is 0 Å². The van der Waals surface area contributed by atoms with E-state index >= 15 is 0 Å². The number of para-hydroxylation sites is 1. The van der Waals surface area contributed by atoms with Crippen LogP contribution in [0, 0.1) is 0 Å². The van der Waals surface area contributed by atoms with Crippen LogP contribution in [0.2, 0.25) is 0 Å². The van der Waals surface area contributed by atoms with E-state index < -0.39 is 0 Å². The predicted molar refractivity (Wildman–Crippen MR) is 118 cm³/mol. The second kappa shape index (κ2) is 8.31. The summed E-state index contributed by atoms with van der Waals surface area (Å²) < 4.78 is 6.17. The quantitative estimate of drug-likeness (QED) is 0.354. The first-order chi connectivity index (χ1) is 14.8. The summed E-state index contributed by atoms with van der Waals surface area (Å²) in [5, 5.41) is 0.861. The number of benzene rings is 2. The molecule has 0 saturated heterocycles. The van der Waals surface area contributed by atoms with Crippen molar-refractivity contribution in [2.75, 3.05) is 0 Å². The van der Waals surface area contributed by atoms with Gasteiger partial charge in [0.05, 0.1) is 10.9 Å². The van der Waals surface area contributed by atoms with Crippen LogP contribution in [0.1, 0.15) is 0 Å². The molecule has 0 unspecified atom stereocenters. The molecule has 0 fully saturated rings. The van der Waals surface area contributed by atoms with Crippen LogP contribution in [0.25, 0.3) is 22.3 Å². The molecule has 5 nitrogen and oxygen atoms in total. The van der Waals surface area contributed by atoms with Crippen LogP contribution in [-0.2, 0) is 0 Å². The predicted octanol–water partition coefficient (Wildman–Crippen LogP) is 6.03. The van der Waals surface area contributed by atoms with Crippen LogP contribution in [0.3, 0.4) is 0 Å². The van der Waals surface area contributed by atoms with Crippen molar-refractivity contribution < 1.29 is 4.74 Å². The highest BCUT2D eigenvalue weighted by atomic mass is 32.2. The first kappa shape index (κ1) is 18.3. The molecule has 5 rings (SSSR count). The molecule has 0 aliphatic carbocycles. The normalized spacial score (nSPS) is 10.8. The van der Waals surface area contributed by atoms with Gasteiger partial charge in [0, 0.05) is 40.1 Å². The molecule has 6 heteroatoms. The second-order valence-corrected chi connectivity index (χ2v) is 7.62. The molecule has 0 aliphatic rings. The Labute approximate surface area is 177 Å². The van der Waals surface area contributed by atoms with Crippen molar-refractivity contribution in [3.63, 3.8) is 0 Å². The van der Waals surface area contributed by atoms with Crippen molar-refractivity contribution in [3.8, 4) is 23.0 Å². The molecule has 0 atom stereocenters. The lowest BCUT2D eigenvalue weighted by atomic mass is 10.2. The summed E-state index contributed by atoms with van der Waals surface area (Å²) in [7, 11) is 0. The molecule has 0 amide bonds. The fraction of sp³-hybridized carbons (Fsp3) is 0. The van der Waals surface area contributed by atoms with Gasteiger partial charge in [-0.05, 0) is 60.7 Å². The molecule has 3 aromatic heterocycles. The minimum Gasteiger partial charge on any atom is -0.438 e. The van der Waals surface area contributed by atoms with Crippen molar-refractivity contribution in [1.29, 1.82) is 0 Å². The van der Waals surface area contributed by atoms with Gasteiger partial charge in [0.2, 0.25) is 5.88 Å². The van der Waals surface area contributed by atoms with E-state index in [4.69, 9.17) is 4.74 Å². The maximum Gasteiger partial charge on any atom is 0.230 e. The second-order valence-electron chi connectivity index (χ2n) is 6.47. The molecule has 0 aliphatic heterocycles. The zero-order valence-electron chi connectivity index (χ0n) is 15.8. The molecule has 0 N–H and O–H groups in total. The molecule has 144 valence electrons. The molecule has 0 radical (unpaired) electrons. The Bertz CT molecular complexity index is 1280. The summed E-state index contributed by atoms with van der Waals surface area (Å²) in [6.07, 6.45) is 7.06. The minimum atomic E-state index is 0.522. The topological polar surface area (TPSA) is 60.8 Å². The van der Waals surface area contributed by atoms with Gasteiger partial charge in [-0.3, -0.25) is 9.97 Å². The molecular formula is C24H16N4OS. The number of aromatic nitrogens is 4. The molecule has 3 heterocycles. The number of rotatable bonds is 5. The highest BCUT2D eigenvalue weighted by Gasteiger charge is 2.11. The van der Waals surface area contributed by atoms with E-state index in [1.807, 2.05) is 72.8 Å². The largest absolute Gasteiger partial charge is 0.438 e. The fourth-order valence-electron chi connectivity index (χ4n) is 2.98. The van der Waals surface area contributed by atoms with Gasteiger partial charge in [-0.2, -0.15) is 4.98 Å². The monoisotopic (exact) mass is 408 g/mol. The fourth-order valence-corrected chi connectivity index (χ4v) is 3.78. The van der Waals surface area contributed by atoms with Gasteiger partial charge >= 0.3 is 0 Å². The lowest BCUT2D eigenvalue weighted by Crippen LogP contribution is -1.96. The van der Waals surface area contributed by atoms with E-state index in [9.17, 15) is 0 Å². The van der Waals surface area contributed by atoms with Crippen molar-refractivity contribution >= 4 is 22.7 Å². The number of hydrogen-bond acceptors (Lipinski definition) is 6. The number of pyridine rings is 2. The van der Waals surface area contributed by atoms with Crippen molar-refractivity contribution in [3.05, 3.63) is 97.6 Å². The molecule has 0 bridgehead atoms. The van der Waals surface area contributed by atoms with Gasteiger partial charge in [-0.1, -0.05) is 23.9 Å². The molecule has 30 heavy (non-hydrogen) atoms. The Morgan fingerprint density at radius 1 is 0.667 bits per heavy atom. The van der Waals surface area contributed by atoms with Gasteiger partial charge in [-0.15, -0.1) is 0 Å². The van der Waals surface area contributed by atoms with Crippen molar-refractivity contribution in [1.82, 2.24) is 19.9 Å².